The first-order valence-electron chi connectivity index (χ1n) is 5.35. The van der Waals surface area contributed by atoms with Gasteiger partial charge in [0.2, 0.25) is 0 Å². The van der Waals surface area contributed by atoms with Crippen LogP contribution in [0.25, 0.3) is 0 Å². The summed E-state index contributed by atoms with van der Waals surface area (Å²) in [5.74, 6) is 0.486. The Labute approximate surface area is 90.9 Å². The van der Waals surface area contributed by atoms with Crippen LogP contribution in [0.3, 0.4) is 0 Å². The molecule has 1 heterocycles. The lowest BCUT2D eigenvalue weighted by molar-refractivity contribution is 0.0361. The first kappa shape index (κ1) is 12.3. The van der Waals surface area contributed by atoms with Crippen LogP contribution in [0.4, 0.5) is 4.79 Å². The molecule has 88 valence electrons. The maximum Gasteiger partial charge on any atom is 0.422 e. The molecule has 0 bridgehead atoms. The first-order chi connectivity index (χ1) is 6.90. The van der Waals surface area contributed by atoms with Crippen LogP contribution in [0, 0.1) is 5.92 Å². The molecule has 0 aliphatic carbocycles. The van der Waals surface area contributed by atoms with Gasteiger partial charge in [0.05, 0.1) is 0 Å². The number of nitrogens with one attached hydrogen (secondary N) is 1. The van der Waals surface area contributed by atoms with Crippen molar-refractivity contribution < 1.29 is 9.53 Å². The van der Waals surface area contributed by atoms with Crippen molar-refractivity contribution >= 4 is 6.09 Å². The Bertz CT molecular complexity index is 225. The molecule has 1 amide bonds. The molecule has 1 aliphatic heterocycles. The van der Waals surface area contributed by atoms with Gasteiger partial charge in [0.25, 0.3) is 0 Å². The summed E-state index contributed by atoms with van der Waals surface area (Å²) in [6.45, 7) is 7.88. The number of carbonyl (C=O) groups is 1. The molecular formula is C10H21N3O2. The minimum atomic E-state index is -0.447. The fourth-order valence-electron chi connectivity index (χ4n) is 1.56. The molecule has 1 saturated heterocycles. The number of nitrogens with zero attached hydrogens (tertiary/aromatic N) is 1. The molecular weight excluding hydrogens is 194 g/mol. The number of carbonyl (C=O) groups excluding carboxylic acids is 1. The molecule has 0 aromatic carbocycles. The second kappa shape index (κ2) is 4.81. The Kier molecular flexibility index (Phi) is 3.93. The zero-order chi connectivity index (χ0) is 11.5. The highest BCUT2D eigenvalue weighted by molar-refractivity contribution is 5.67. The van der Waals surface area contributed by atoms with Gasteiger partial charge in [0, 0.05) is 13.1 Å². The van der Waals surface area contributed by atoms with Gasteiger partial charge in [0.1, 0.15) is 5.60 Å². The minimum absolute atomic E-state index is 0.389. The highest BCUT2D eigenvalue weighted by Crippen LogP contribution is 2.13. The number of hydrogen-bond acceptors (Lipinski definition) is 4. The summed E-state index contributed by atoms with van der Waals surface area (Å²) in [6.07, 6.45) is 0.645. The smallest absolute Gasteiger partial charge is 0.422 e. The Hall–Kier alpha value is -0.810. The van der Waals surface area contributed by atoms with Crippen LogP contribution in [0.1, 0.15) is 27.2 Å². The van der Waals surface area contributed by atoms with E-state index in [2.05, 4.69) is 5.43 Å². The average Bonchev–Trinajstić information content (AvgIpc) is 2.48. The lowest BCUT2D eigenvalue weighted by atomic mass is 10.1. The van der Waals surface area contributed by atoms with Crippen LogP contribution >= 0.6 is 0 Å². The van der Waals surface area contributed by atoms with Gasteiger partial charge in [-0.05, 0) is 39.7 Å². The van der Waals surface area contributed by atoms with E-state index >= 15 is 0 Å². The van der Waals surface area contributed by atoms with Gasteiger partial charge in [-0.25, -0.2) is 9.80 Å². The molecule has 0 unspecified atom stereocenters. The predicted octanol–water partition coefficient (Wildman–Crippen LogP) is 0.707. The third-order valence-corrected chi connectivity index (χ3v) is 2.27. The molecule has 3 N–H and O–H groups in total. The monoisotopic (exact) mass is 215 g/mol. The van der Waals surface area contributed by atoms with Crippen LogP contribution in [-0.2, 0) is 4.74 Å². The number of ether oxygens (including phenoxy) is 1. The molecule has 0 radical (unpaired) electrons. The second-order valence-electron chi connectivity index (χ2n) is 4.95. The van der Waals surface area contributed by atoms with Crippen LogP contribution in [0.15, 0.2) is 0 Å². The van der Waals surface area contributed by atoms with Crippen LogP contribution in [0.5, 0.6) is 0 Å². The zero-order valence-electron chi connectivity index (χ0n) is 9.75. The van der Waals surface area contributed by atoms with Gasteiger partial charge in [-0.1, -0.05) is 0 Å². The SMILES string of the molecule is CC(C)(C)OC(=O)NN1CC[C@@H](CN)C1. The molecule has 1 atom stereocenters. The second-order valence-corrected chi connectivity index (χ2v) is 4.95. The molecule has 5 heteroatoms. The molecule has 1 aliphatic rings. The van der Waals surface area contributed by atoms with Gasteiger partial charge >= 0.3 is 6.09 Å². The molecule has 5 nitrogen and oxygen atoms in total. The predicted molar refractivity (Wildman–Crippen MR) is 58.1 cm³/mol. The molecule has 1 fully saturated rings. The van der Waals surface area contributed by atoms with Crippen molar-refractivity contribution in [3.05, 3.63) is 0 Å². The fraction of sp³-hybridized carbons (Fsp3) is 0.900. The van der Waals surface area contributed by atoms with Crippen molar-refractivity contribution in [2.45, 2.75) is 32.8 Å². The standard InChI is InChI=1S/C10H21N3O2/c1-10(2,3)15-9(14)12-13-5-4-8(6-11)7-13/h8H,4-7,11H2,1-3H3,(H,12,14)/t8-/m0/s1. The molecule has 1 rings (SSSR count). The van der Waals surface area contributed by atoms with E-state index in [-0.39, 0.29) is 6.09 Å². The molecule has 0 aromatic rings. The minimum Gasteiger partial charge on any atom is -0.443 e. The molecule has 0 aromatic heterocycles. The largest absolute Gasteiger partial charge is 0.443 e. The van der Waals surface area contributed by atoms with E-state index in [9.17, 15) is 4.79 Å². The summed E-state index contributed by atoms with van der Waals surface area (Å²) in [5.41, 5.74) is 7.83. The Morgan fingerprint density at radius 3 is 2.73 bits per heavy atom. The summed E-state index contributed by atoms with van der Waals surface area (Å²) in [7, 11) is 0. The van der Waals surface area contributed by atoms with Crippen molar-refractivity contribution in [1.82, 2.24) is 10.4 Å². The third kappa shape index (κ3) is 4.48. The van der Waals surface area contributed by atoms with E-state index in [1.165, 1.54) is 0 Å². The van der Waals surface area contributed by atoms with Gasteiger partial charge in [-0.2, -0.15) is 0 Å². The van der Waals surface area contributed by atoms with Gasteiger partial charge in [-0.15, -0.1) is 0 Å². The Morgan fingerprint density at radius 1 is 1.60 bits per heavy atom. The van der Waals surface area contributed by atoms with Crippen LogP contribution in [0.2, 0.25) is 0 Å². The zero-order valence-corrected chi connectivity index (χ0v) is 9.75. The van der Waals surface area contributed by atoms with E-state index in [0.29, 0.717) is 12.5 Å². The highest BCUT2D eigenvalue weighted by Gasteiger charge is 2.24. The van der Waals surface area contributed by atoms with Crippen LogP contribution in [-0.4, -0.2) is 36.3 Å². The number of amides is 1. The number of hydrogen-bond donors (Lipinski definition) is 2. The number of rotatable bonds is 2. The molecule has 15 heavy (non-hydrogen) atoms. The number of nitrogens with two attached hydrogens (primary N) is 1. The van der Waals surface area contributed by atoms with E-state index in [0.717, 1.165) is 19.5 Å². The lowest BCUT2D eigenvalue weighted by Gasteiger charge is -2.23. The third-order valence-electron chi connectivity index (χ3n) is 2.27. The summed E-state index contributed by atoms with van der Waals surface area (Å²) >= 11 is 0. The van der Waals surface area contributed by atoms with Gasteiger partial charge in [0.15, 0.2) is 0 Å². The van der Waals surface area contributed by atoms with E-state index in [4.69, 9.17) is 10.5 Å². The van der Waals surface area contributed by atoms with Crippen molar-refractivity contribution in [3.63, 3.8) is 0 Å². The fourth-order valence-corrected chi connectivity index (χ4v) is 1.56. The normalized spacial score (nSPS) is 22.8. The van der Waals surface area contributed by atoms with Crippen molar-refractivity contribution in [1.29, 1.82) is 0 Å². The topological polar surface area (TPSA) is 67.6 Å². The maximum absolute atomic E-state index is 11.4. The average molecular weight is 215 g/mol. The van der Waals surface area contributed by atoms with Crippen molar-refractivity contribution in [2.24, 2.45) is 11.7 Å². The summed E-state index contributed by atoms with van der Waals surface area (Å²) in [4.78, 5) is 11.4. The number of hydrazine groups is 1. The summed E-state index contributed by atoms with van der Waals surface area (Å²) in [6, 6.07) is 0. The van der Waals surface area contributed by atoms with Crippen molar-refractivity contribution in [2.75, 3.05) is 19.6 Å². The van der Waals surface area contributed by atoms with Gasteiger partial charge in [-0.3, -0.25) is 5.43 Å². The summed E-state index contributed by atoms with van der Waals surface area (Å²) < 4.78 is 5.15. The van der Waals surface area contributed by atoms with E-state index < -0.39 is 5.60 Å². The van der Waals surface area contributed by atoms with E-state index in [1.54, 1.807) is 0 Å². The first-order valence-corrected chi connectivity index (χ1v) is 5.35. The molecule has 0 spiro atoms. The highest BCUT2D eigenvalue weighted by atomic mass is 16.6. The lowest BCUT2D eigenvalue weighted by Crippen LogP contribution is -2.43. The quantitative estimate of drug-likeness (QED) is 0.711. The molecule has 0 saturated carbocycles. The Balaban J connectivity index is 2.28. The van der Waals surface area contributed by atoms with Crippen molar-refractivity contribution in [3.8, 4) is 0 Å². The van der Waals surface area contributed by atoms with Crippen LogP contribution < -0.4 is 11.2 Å². The van der Waals surface area contributed by atoms with E-state index in [1.807, 2.05) is 25.8 Å². The summed E-state index contributed by atoms with van der Waals surface area (Å²) in [5, 5.41) is 1.87. The van der Waals surface area contributed by atoms with Gasteiger partial charge < -0.3 is 10.5 Å². The maximum atomic E-state index is 11.4. The Morgan fingerprint density at radius 2 is 2.27 bits per heavy atom.